The molecule has 8 nitrogen and oxygen atoms in total. The van der Waals surface area contributed by atoms with E-state index in [0.29, 0.717) is 29.9 Å². The summed E-state index contributed by atoms with van der Waals surface area (Å²) < 4.78 is 0. The molecule has 3 N–H and O–H groups in total. The Hall–Kier alpha value is -3.47. The summed E-state index contributed by atoms with van der Waals surface area (Å²) in [6.45, 7) is 0. The Kier molecular flexibility index (Phi) is 3.54. The molecule has 1 aliphatic carbocycles. The van der Waals surface area contributed by atoms with Crippen LogP contribution < -0.4 is 10.6 Å². The van der Waals surface area contributed by atoms with E-state index in [2.05, 4.69) is 26.2 Å². The molecule has 0 saturated heterocycles. The third-order valence-corrected chi connectivity index (χ3v) is 4.55. The van der Waals surface area contributed by atoms with Gasteiger partial charge in [-0.25, -0.2) is 5.10 Å². The van der Waals surface area contributed by atoms with Gasteiger partial charge in [0, 0.05) is 30.1 Å². The minimum atomic E-state index is -0.499. The van der Waals surface area contributed by atoms with E-state index in [0.717, 1.165) is 17.7 Å². The van der Waals surface area contributed by atoms with Gasteiger partial charge in [0.15, 0.2) is 5.78 Å². The van der Waals surface area contributed by atoms with Crippen LogP contribution in [0.2, 0.25) is 0 Å². The molecule has 4 rings (SSSR count). The number of hydrogen-bond acceptors (Lipinski definition) is 7. The van der Waals surface area contributed by atoms with Gasteiger partial charge in [-0.05, 0) is 24.5 Å². The molecule has 0 fully saturated rings. The van der Waals surface area contributed by atoms with Crippen molar-refractivity contribution in [1.29, 1.82) is 5.26 Å². The van der Waals surface area contributed by atoms with E-state index in [1.165, 1.54) is 6.33 Å². The monoisotopic (exact) mass is 333 g/mol. The number of nitrogens with two attached hydrogens (primary N) is 1. The van der Waals surface area contributed by atoms with Crippen molar-refractivity contribution in [2.75, 3.05) is 4.90 Å². The SMILES string of the molecule is N#CC1=C(N)N(c2ncn[nH]2)C2=C(C(=O)CCC2)C1c1cccnc1. The molecule has 0 saturated carbocycles. The first-order valence-corrected chi connectivity index (χ1v) is 7.93. The van der Waals surface area contributed by atoms with E-state index < -0.39 is 5.92 Å². The standard InChI is InChI=1S/C17H15N7O/c18-7-11-14(10-3-2-6-20-8-10)15-12(4-1-5-13(15)25)24(16(11)19)17-21-9-22-23-17/h2-3,6,8-9,14H,1,4-5,19H2,(H,21,22,23). The predicted molar refractivity (Wildman–Crippen MR) is 88.6 cm³/mol. The zero-order chi connectivity index (χ0) is 17.4. The number of pyridine rings is 1. The lowest BCUT2D eigenvalue weighted by Crippen LogP contribution is -2.39. The second-order valence-electron chi connectivity index (χ2n) is 5.91. The summed E-state index contributed by atoms with van der Waals surface area (Å²) in [5, 5.41) is 16.4. The van der Waals surface area contributed by atoms with Crippen LogP contribution in [-0.4, -0.2) is 25.9 Å². The van der Waals surface area contributed by atoms with E-state index in [1.807, 2.05) is 6.07 Å². The third kappa shape index (κ3) is 2.29. The maximum absolute atomic E-state index is 12.8. The molecule has 1 unspecified atom stereocenters. The molecule has 0 spiro atoms. The highest BCUT2D eigenvalue weighted by Gasteiger charge is 2.41. The zero-order valence-corrected chi connectivity index (χ0v) is 13.3. The second-order valence-corrected chi connectivity index (χ2v) is 5.91. The number of nitriles is 1. The summed E-state index contributed by atoms with van der Waals surface area (Å²) in [6, 6.07) is 5.83. The fourth-order valence-corrected chi connectivity index (χ4v) is 3.52. The Morgan fingerprint density at radius 1 is 1.40 bits per heavy atom. The number of hydrogen-bond donors (Lipinski definition) is 2. The summed E-state index contributed by atoms with van der Waals surface area (Å²) in [4.78, 5) is 22.7. The van der Waals surface area contributed by atoms with Crippen LogP contribution >= 0.6 is 0 Å². The number of carbonyl (C=O) groups excluding carboxylic acids is 1. The average Bonchev–Trinajstić information content (AvgIpc) is 3.16. The molecule has 8 heteroatoms. The van der Waals surface area contributed by atoms with E-state index in [1.54, 1.807) is 23.4 Å². The van der Waals surface area contributed by atoms with Gasteiger partial charge in [0.1, 0.15) is 12.1 Å². The first kappa shape index (κ1) is 15.1. The third-order valence-electron chi connectivity index (χ3n) is 4.55. The summed E-state index contributed by atoms with van der Waals surface area (Å²) >= 11 is 0. The number of H-pyrrole nitrogens is 1. The molecule has 0 radical (unpaired) electrons. The van der Waals surface area contributed by atoms with Gasteiger partial charge in [-0.15, -0.1) is 0 Å². The topological polar surface area (TPSA) is 125 Å². The molecule has 0 aromatic carbocycles. The maximum Gasteiger partial charge on any atom is 0.231 e. The van der Waals surface area contributed by atoms with Gasteiger partial charge in [0.05, 0.1) is 17.6 Å². The van der Waals surface area contributed by atoms with Gasteiger partial charge in [0.25, 0.3) is 0 Å². The Balaban J connectivity index is 1.98. The molecule has 0 bridgehead atoms. The van der Waals surface area contributed by atoms with Crippen LogP contribution in [0.25, 0.3) is 0 Å². The van der Waals surface area contributed by atoms with Crippen molar-refractivity contribution in [3.63, 3.8) is 0 Å². The number of aromatic nitrogens is 4. The van der Waals surface area contributed by atoms with Crippen LogP contribution in [0, 0.1) is 11.3 Å². The predicted octanol–water partition coefficient (Wildman–Crippen LogP) is 1.50. The number of nitrogens with one attached hydrogen (secondary N) is 1. The normalized spacial score (nSPS) is 20.5. The summed E-state index contributed by atoms with van der Waals surface area (Å²) in [5.41, 5.74) is 8.81. The summed E-state index contributed by atoms with van der Waals surface area (Å²) in [7, 11) is 0. The molecule has 2 aromatic heterocycles. The van der Waals surface area contributed by atoms with Crippen molar-refractivity contribution in [2.24, 2.45) is 5.73 Å². The van der Waals surface area contributed by atoms with E-state index in [-0.39, 0.29) is 11.6 Å². The number of nitrogens with zero attached hydrogens (tertiary/aromatic N) is 5. The van der Waals surface area contributed by atoms with E-state index >= 15 is 0 Å². The van der Waals surface area contributed by atoms with Crippen molar-refractivity contribution >= 4 is 11.7 Å². The molecule has 1 aliphatic heterocycles. The minimum absolute atomic E-state index is 0.0277. The van der Waals surface area contributed by atoms with Crippen molar-refractivity contribution in [3.05, 3.63) is 59.1 Å². The number of allylic oxidation sites excluding steroid dienone is 3. The van der Waals surface area contributed by atoms with Crippen molar-refractivity contribution in [3.8, 4) is 6.07 Å². The quantitative estimate of drug-likeness (QED) is 0.853. The smallest absolute Gasteiger partial charge is 0.231 e. The average molecular weight is 333 g/mol. The molecule has 2 aromatic rings. The molecular formula is C17H15N7O. The Labute approximate surface area is 143 Å². The summed E-state index contributed by atoms with van der Waals surface area (Å²) in [5.74, 6) is 0.194. The maximum atomic E-state index is 12.8. The lowest BCUT2D eigenvalue weighted by Gasteiger charge is -2.37. The van der Waals surface area contributed by atoms with Crippen molar-refractivity contribution in [2.45, 2.75) is 25.2 Å². The van der Waals surface area contributed by atoms with Crippen molar-refractivity contribution < 1.29 is 4.79 Å². The van der Waals surface area contributed by atoms with Crippen LogP contribution in [0.15, 0.2) is 53.5 Å². The highest BCUT2D eigenvalue weighted by atomic mass is 16.1. The fraction of sp³-hybridized carbons (Fsp3) is 0.235. The molecule has 25 heavy (non-hydrogen) atoms. The Morgan fingerprint density at radius 2 is 2.28 bits per heavy atom. The number of carbonyl (C=O) groups is 1. The number of Topliss-reactive ketones (excluding diaryl/α,β-unsaturated/α-hetero) is 1. The van der Waals surface area contributed by atoms with E-state index in [9.17, 15) is 10.1 Å². The first-order chi connectivity index (χ1) is 12.2. The van der Waals surface area contributed by atoms with Gasteiger partial charge in [-0.1, -0.05) is 6.07 Å². The number of rotatable bonds is 2. The molecule has 124 valence electrons. The molecule has 1 atom stereocenters. The first-order valence-electron chi connectivity index (χ1n) is 7.93. The van der Waals surface area contributed by atoms with Crippen LogP contribution in [0.4, 0.5) is 5.95 Å². The largest absolute Gasteiger partial charge is 0.384 e. The van der Waals surface area contributed by atoms with Gasteiger partial charge < -0.3 is 5.73 Å². The number of aromatic amines is 1. The highest BCUT2D eigenvalue weighted by molar-refractivity contribution is 6.01. The van der Waals surface area contributed by atoms with Crippen LogP contribution in [0.1, 0.15) is 30.7 Å². The van der Waals surface area contributed by atoms with Crippen LogP contribution in [-0.2, 0) is 4.79 Å². The van der Waals surface area contributed by atoms with E-state index in [4.69, 9.17) is 5.73 Å². The van der Waals surface area contributed by atoms with Crippen LogP contribution in [0.3, 0.4) is 0 Å². The Bertz CT molecular complexity index is 922. The molecular weight excluding hydrogens is 318 g/mol. The molecule has 2 aliphatic rings. The minimum Gasteiger partial charge on any atom is -0.384 e. The van der Waals surface area contributed by atoms with Gasteiger partial charge in [-0.3, -0.25) is 14.7 Å². The lowest BCUT2D eigenvalue weighted by atomic mass is 9.76. The highest BCUT2D eigenvalue weighted by Crippen LogP contribution is 2.45. The zero-order valence-electron chi connectivity index (χ0n) is 13.3. The Morgan fingerprint density at radius 3 is 2.96 bits per heavy atom. The van der Waals surface area contributed by atoms with Gasteiger partial charge in [0.2, 0.25) is 5.95 Å². The van der Waals surface area contributed by atoms with Gasteiger partial charge >= 0.3 is 0 Å². The summed E-state index contributed by atoms with van der Waals surface area (Å²) in [6.07, 6.45) is 6.57. The fourth-order valence-electron chi connectivity index (χ4n) is 3.52. The lowest BCUT2D eigenvalue weighted by molar-refractivity contribution is -0.116. The molecule has 3 heterocycles. The molecule has 0 amide bonds. The van der Waals surface area contributed by atoms with Gasteiger partial charge in [-0.2, -0.15) is 15.3 Å². The second kappa shape index (κ2) is 5.87. The van der Waals surface area contributed by atoms with Crippen LogP contribution in [0.5, 0.6) is 0 Å². The number of anilines is 1. The van der Waals surface area contributed by atoms with Crippen molar-refractivity contribution in [1.82, 2.24) is 20.2 Å². The number of ketones is 1.